The topological polar surface area (TPSA) is 69.6 Å². The number of hydrogen-bond donors (Lipinski definition) is 2. The standard InChI is InChI=1S/C14H24N2O3/c1-3-4-10-9-11(10)15-13(19)16-7-5-14(2,6-8-16)12(17)18/h10-11H,3-9H2,1-2H3,(H,15,19)(H,17,18). The smallest absolute Gasteiger partial charge is 0.317 e. The molecule has 2 rings (SSSR count). The van der Waals surface area contributed by atoms with Gasteiger partial charge in [0.25, 0.3) is 0 Å². The van der Waals surface area contributed by atoms with Gasteiger partial charge in [0.2, 0.25) is 0 Å². The summed E-state index contributed by atoms with van der Waals surface area (Å²) < 4.78 is 0. The number of aliphatic carboxylic acids is 1. The predicted octanol–water partition coefficient (Wildman–Crippen LogP) is 2.07. The van der Waals surface area contributed by atoms with Crippen molar-refractivity contribution in [2.24, 2.45) is 11.3 Å². The lowest BCUT2D eigenvalue weighted by atomic mass is 9.80. The molecule has 5 nitrogen and oxygen atoms in total. The second-order valence-corrected chi connectivity index (χ2v) is 6.19. The monoisotopic (exact) mass is 268 g/mol. The molecule has 2 amide bonds. The lowest BCUT2D eigenvalue weighted by Crippen LogP contribution is -2.49. The molecule has 5 heteroatoms. The number of hydrogen-bond acceptors (Lipinski definition) is 2. The Kier molecular flexibility index (Phi) is 4.02. The fourth-order valence-corrected chi connectivity index (χ4v) is 2.78. The van der Waals surface area contributed by atoms with Crippen LogP contribution in [0.5, 0.6) is 0 Å². The van der Waals surface area contributed by atoms with Gasteiger partial charge in [0.1, 0.15) is 0 Å². The van der Waals surface area contributed by atoms with E-state index in [1.54, 1.807) is 11.8 Å². The number of nitrogens with zero attached hydrogens (tertiary/aromatic N) is 1. The van der Waals surface area contributed by atoms with E-state index >= 15 is 0 Å². The highest BCUT2D eigenvalue weighted by atomic mass is 16.4. The maximum Gasteiger partial charge on any atom is 0.317 e. The number of amides is 2. The van der Waals surface area contributed by atoms with Crippen LogP contribution in [-0.2, 0) is 4.79 Å². The fraction of sp³-hybridized carbons (Fsp3) is 0.857. The van der Waals surface area contributed by atoms with E-state index in [1.165, 1.54) is 6.42 Å². The molecule has 0 bridgehead atoms. The lowest BCUT2D eigenvalue weighted by molar-refractivity contribution is -0.150. The van der Waals surface area contributed by atoms with Crippen molar-refractivity contribution in [3.8, 4) is 0 Å². The molecule has 108 valence electrons. The molecule has 2 aliphatic rings. The van der Waals surface area contributed by atoms with Gasteiger partial charge in [-0.2, -0.15) is 0 Å². The molecule has 1 saturated heterocycles. The number of carbonyl (C=O) groups excluding carboxylic acids is 1. The minimum Gasteiger partial charge on any atom is -0.481 e. The fourth-order valence-electron chi connectivity index (χ4n) is 2.78. The Morgan fingerprint density at radius 1 is 1.37 bits per heavy atom. The van der Waals surface area contributed by atoms with Crippen LogP contribution in [0.1, 0.15) is 46.0 Å². The zero-order valence-electron chi connectivity index (χ0n) is 11.8. The summed E-state index contributed by atoms with van der Waals surface area (Å²) in [4.78, 5) is 24.9. The second kappa shape index (κ2) is 5.39. The van der Waals surface area contributed by atoms with Crippen LogP contribution in [0.15, 0.2) is 0 Å². The summed E-state index contributed by atoms with van der Waals surface area (Å²) in [6, 6.07) is 0.330. The highest BCUT2D eigenvalue weighted by molar-refractivity contribution is 5.77. The first-order valence-electron chi connectivity index (χ1n) is 7.25. The predicted molar refractivity (Wildman–Crippen MR) is 71.9 cm³/mol. The maximum absolute atomic E-state index is 12.0. The molecule has 0 spiro atoms. The molecular formula is C14H24N2O3. The van der Waals surface area contributed by atoms with Crippen molar-refractivity contribution in [3.63, 3.8) is 0 Å². The van der Waals surface area contributed by atoms with Gasteiger partial charge in [-0.1, -0.05) is 13.3 Å². The van der Waals surface area contributed by atoms with Gasteiger partial charge in [-0.05, 0) is 38.5 Å². The largest absolute Gasteiger partial charge is 0.481 e. The number of urea groups is 1. The van der Waals surface area contributed by atoms with Crippen molar-refractivity contribution in [2.75, 3.05) is 13.1 Å². The van der Waals surface area contributed by atoms with Crippen LogP contribution >= 0.6 is 0 Å². The number of nitrogens with one attached hydrogen (secondary N) is 1. The number of carbonyl (C=O) groups is 2. The third kappa shape index (κ3) is 3.19. The molecule has 1 aliphatic heterocycles. The molecular weight excluding hydrogens is 244 g/mol. The highest BCUT2D eigenvalue weighted by Gasteiger charge is 2.41. The van der Waals surface area contributed by atoms with Crippen LogP contribution < -0.4 is 5.32 Å². The van der Waals surface area contributed by atoms with Crippen molar-refractivity contribution in [1.29, 1.82) is 0 Å². The zero-order valence-corrected chi connectivity index (χ0v) is 11.8. The van der Waals surface area contributed by atoms with Gasteiger partial charge in [0.05, 0.1) is 5.41 Å². The second-order valence-electron chi connectivity index (χ2n) is 6.19. The molecule has 0 aromatic rings. The van der Waals surface area contributed by atoms with E-state index in [4.69, 9.17) is 5.11 Å². The first-order valence-corrected chi connectivity index (χ1v) is 7.25. The van der Waals surface area contributed by atoms with Crippen molar-refractivity contribution < 1.29 is 14.7 Å². The quantitative estimate of drug-likeness (QED) is 0.820. The van der Waals surface area contributed by atoms with Crippen molar-refractivity contribution in [3.05, 3.63) is 0 Å². The number of carboxylic acids is 1. The number of likely N-dealkylation sites (tertiary alicyclic amines) is 1. The molecule has 19 heavy (non-hydrogen) atoms. The van der Waals surface area contributed by atoms with Crippen LogP contribution in [0.4, 0.5) is 4.79 Å². The van der Waals surface area contributed by atoms with Gasteiger partial charge in [0.15, 0.2) is 0 Å². The van der Waals surface area contributed by atoms with Gasteiger partial charge in [0, 0.05) is 19.1 Å². The summed E-state index contributed by atoms with van der Waals surface area (Å²) >= 11 is 0. The van der Waals surface area contributed by atoms with E-state index in [2.05, 4.69) is 12.2 Å². The summed E-state index contributed by atoms with van der Waals surface area (Å²) in [6.45, 7) is 5.01. The Balaban J connectivity index is 1.76. The zero-order chi connectivity index (χ0) is 14.0. The normalized spacial score (nSPS) is 28.8. The minimum absolute atomic E-state index is 0.0176. The van der Waals surface area contributed by atoms with Crippen molar-refractivity contribution >= 4 is 12.0 Å². The number of piperidine rings is 1. The highest BCUT2D eigenvalue weighted by Crippen LogP contribution is 2.35. The Labute approximate surface area is 114 Å². The van der Waals surface area contributed by atoms with Gasteiger partial charge in [-0.3, -0.25) is 4.79 Å². The summed E-state index contributed by atoms with van der Waals surface area (Å²) in [7, 11) is 0. The summed E-state index contributed by atoms with van der Waals surface area (Å²) in [5, 5.41) is 12.2. The Morgan fingerprint density at radius 2 is 2.00 bits per heavy atom. The average Bonchev–Trinajstić information content (AvgIpc) is 3.08. The third-order valence-corrected chi connectivity index (χ3v) is 4.56. The molecule has 1 heterocycles. The maximum atomic E-state index is 12.0. The minimum atomic E-state index is -0.752. The molecule has 2 fully saturated rings. The Morgan fingerprint density at radius 3 is 2.53 bits per heavy atom. The summed E-state index contributed by atoms with van der Waals surface area (Å²) in [5.74, 6) is -0.0965. The SMILES string of the molecule is CCCC1CC1NC(=O)N1CCC(C)(C(=O)O)CC1. The molecule has 0 radical (unpaired) electrons. The lowest BCUT2D eigenvalue weighted by Gasteiger charge is -2.36. The van der Waals surface area contributed by atoms with Crippen LogP contribution in [-0.4, -0.2) is 41.1 Å². The van der Waals surface area contributed by atoms with Gasteiger partial charge >= 0.3 is 12.0 Å². The van der Waals surface area contributed by atoms with E-state index in [0.717, 1.165) is 12.8 Å². The Hall–Kier alpha value is -1.26. The van der Waals surface area contributed by atoms with E-state index in [1.807, 2.05) is 0 Å². The Bertz CT molecular complexity index is 362. The summed E-state index contributed by atoms with van der Waals surface area (Å²) in [5.41, 5.74) is -0.666. The molecule has 0 aromatic heterocycles. The van der Waals surface area contributed by atoms with Crippen LogP contribution in [0.2, 0.25) is 0 Å². The van der Waals surface area contributed by atoms with E-state index < -0.39 is 11.4 Å². The van der Waals surface area contributed by atoms with Crippen LogP contribution in [0.3, 0.4) is 0 Å². The third-order valence-electron chi connectivity index (χ3n) is 4.56. The summed E-state index contributed by atoms with van der Waals surface area (Å²) in [6.07, 6.45) is 4.53. The first-order chi connectivity index (χ1) is 8.96. The van der Waals surface area contributed by atoms with E-state index in [0.29, 0.717) is 37.9 Å². The molecule has 1 saturated carbocycles. The van der Waals surface area contributed by atoms with Crippen LogP contribution in [0.25, 0.3) is 0 Å². The van der Waals surface area contributed by atoms with E-state index in [9.17, 15) is 9.59 Å². The number of rotatable bonds is 4. The molecule has 2 unspecified atom stereocenters. The average molecular weight is 268 g/mol. The first kappa shape index (κ1) is 14.2. The van der Waals surface area contributed by atoms with Crippen molar-refractivity contribution in [2.45, 2.75) is 52.0 Å². The van der Waals surface area contributed by atoms with Crippen molar-refractivity contribution in [1.82, 2.24) is 10.2 Å². The number of carboxylic acid groups (broad SMARTS) is 1. The van der Waals surface area contributed by atoms with Crippen LogP contribution in [0, 0.1) is 11.3 Å². The molecule has 2 atom stereocenters. The molecule has 2 N–H and O–H groups in total. The molecule has 0 aromatic carbocycles. The van der Waals surface area contributed by atoms with Gasteiger partial charge in [-0.25, -0.2) is 4.79 Å². The van der Waals surface area contributed by atoms with Gasteiger partial charge < -0.3 is 15.3 Å². The van der Waals surface area contributed by atoms with Gasteiger partial charge in [-0.15, -0.1) is 0 Å². The van der Waals surface area contributed by atoms with E-state index in [-0.39, 0.29) is 6.03 Å². The molecule has 1 aliphatic carbocycles.